The summed E-state index contributed by atoms with van der Waals surface area (Å²) in [5.41, 5.74) is 0.00722. The molecule has 0 saturated carbocycles. The minimum Gasteiger partial charge on any atom is -0.399 e. The second-order valence-electron chi connectivity index (χ2n) is 8.30. The predicted molar refractivity (Wildman–Crippen MR) is 106 cm³/mol. The van der Waals surface area contributed by atoms with Crippen molar-refractivity contribution in [1.29, 1.82) is 0 Å². The molecule has 0 spiro atoms. The third kappa shape index (κ3) is 4.07. The van der Waals surface area contributed by atoms with E-state index >= 15 is 0 Å². The van der Waals surface area contributed by atoms with Crippen molar-refractivity contribution in [3.63, 3.8) is 0 Å². The normalized spacial score (nSPS) is 23.7. The molecule has 2 aliphatic rings. The van der Waals surface area contributed by atoms with Gasteiger partial charge in [-0.05, 0) is 40.5 Å². The second kappa shape index (κ2) is 7.56. The lowest BCUT2D eigenvalue weighted by molar-refractivity contribution is -0.129. The third-order valence-corrected chi connectivity index (χ3v) is 6.05. The summed E-state index contributed by atoms with van der Waals surface area (Å²) < 4.78 is 12.1. The van der Waals surface area contributed by atoms with E-state index in [1.54, 1.807) is 12.4 Å². The third-order valence-electron chi connectivity index (χ3n) is 5.82. The summed E-state index contributed by atoms with van der Waals surface area (Å²) in [5, 5.41) is 0. The number of nitrogens with zero attached hydrogens (tertiary/aromatic N) is 4. The van der Waals surface area contributed by atoms with Gasteiger partial charge in [0.1, 0.15) is 5.88 Å². The average molecular weight is 395 g/mol. The summed E-state index contributed by atoms with van der Waals surface area (Å²) in [5.74, 6) is 0.629. The van der Waals surface area contributed by atoms with Gasteiger partial charge in [-0.1, -0.05) is 0 Å². The zero-order valence-electron chi connectivity index (χ0n) is 16.7. The summed E-state index contributed by atoms with van der Waals surface area (Å²) in [6.07, 6.45) is 5.47. The van der Waals surface area contributed by atoms with Gasteiger partial charge < -0.3 is 19.1 Å². The predicted octanol–water partition coefficient (Wildman–Crippen LogP) is 1.44. The maximum absolute atomic E-state index is 12.0. The van der Waals surface area contributed by atoms with Crippen LogP contribution in [0, 0.1) is 0 Å². The Morgan fingerprint density at radius 3 is 2.44 bits per heavy atom. The fraction of sp³-hybridized carbons (Fsp3) is 0.722. The maximum atomic E-state index is 12.0. The molecule has 27 heavy (non-hydrogen) atoms. The van der Waals surface area contributed by atoms with Crippen molar-refractivity contribution in [2.75, 3.05) is 30.9 Å². The van der Waals surface area contributed by atoms with Crippen LogP contribution >= 0.6 is 11.6 Å². The van der Waals surface area contributed by atoms with E-state index in [2.05, 4.69) is 9.97 Å². The molecule has 9 heteroatoms. The molecule has 0 aliphatic carbocycles. The Kier molecular flexibility index (Phi) is 5.70. The SMILES string of the molecule is CN(C[C@@H]1CCCN1C(=O)CCl)c1ncc(B2OC(C)(C)C(C)(C)O2)cn1. The van der Waals surface area contributed by atoms with Crippen molar-refractivity contribution in [3.8, 4) is 0 Å². The van der Waals surface area contributed by atoms with E-state index < -0.39 is 18.3 Å². The molecule has 2 aliphatic heterocycles. The van der Waals surface area contributed by atoms with Gasteiger partial charge in [0.05, 0.1) is 11.2 Å². The van der Waals surface area contributed by atoms with Gasteiger partial charge in [-0.2, -0.15) is 0 Å². The van der Waals surface area contributed by atoms with Crippen LogP contribution in [0.25, 0.3) is 0 Å². The monoisotopic (exact) mass is 394 g/mol. The molecule has 7 nitrogen and oxygen atoms in total. The molecule has 148 valence electrons. The zero-order chi connectivity index (χ0) is 19.8. The molecule has 0 bridgehead atoms. The molecular weight excluding hydrogens is 366 g/mol. The van der Waals surface area contributed by atoms with E-state index in [9.17, 15) is 4.79 Å². The highest BCUT2D eigenvalue weighted by atomic mass is 35.5. The van der Waals surface area contributed by atoms with Crippen LogP contribution in [0.2, 0.25) is 0 Å². The molecule has 0 unspecified atom stereocenters. The van der Waals surface area contributed by atoms with Crippen molar-refractivity contribution in [2.24, 2.45) is 0 Å². The summed E-state index contributed by atoms with van der Waals surface area (Å²) >= 11 is 5.72. The molecule has 3 heterocycles. The Hall–Kier alpha value is -1.38. The summed E-state index contributed by atoms with van der Waals surface area (Å²) in [6.45, 7) is 9.53. The van der Waals surface area contributed by atoms with Crippen molar-refractivity contribution in [1.82, 2.24) is 14.9 Å². The first-order valence-corrected chi connectivity index (χ1v) is 9.92. The Bertz CT molecular complexity index is 670. The summed E-state index contributed by atoms with van der Waals surface area (Å²) in [7, 11) is 1.46. The van der Waals surface area contributed by atoms with E-state index in [1.165, 1.54) is 0 Å². The van der Waals surface area contributed by atoms with E-state index in [0.717, 1.165) is 24.8 Å². The van der Waals surface area contributed by atoms with Crippen LogP contribution in [0.1, 0.15) is 40.5 Å². The van der Waals surface area contributed by atoms with Gasteiger partial charge in [0, 0.05) is 44.0 Å². The highest BCUT2D eigenvalue weighted by Gasteiger charge is 2.52. The minimum atomic E-state index is -0.471. The number of aromatic nitrogens is 2. The first-order valence-electron chi connectivity index (χ1n) is 9.39. The largest absolute Gasteiger partial charge is 0.498 e. The molecule has 2 saturated heterocycles. The standard InChI is InChI=1S/C18H28BClN4O3/c1-17(2)18(3,4)27-19(26-17)13-10-21-16(22-11-13)23(5)12-14-7-6-8-24(14)15(25)9-20/h10-11,14H,6-9,12H2,1-5H3/t14-/m0/s1. The average Bonchev–Trinajstić information content (AvgIpc) is 3.16. The number of carbonyl (C=O) groups is 1. The number of hydrogen-bond donors (Lipinski definition) is 0. The quantitative estimate of drug-likeness (QED) is 0.556. The molecule has 0 aromatic carbocycles. The Labute approximate surface area is 166 Å². The molecule has 1 atom stereocenters. The number of hydrogen-bond acceptors (Lipinski definition) is 6. The lowest BCUT2D eigenvalue weighted by Crippen LogP contribution is -2.43. The number of likely N-dealkylation sites (N-methyl/N-ethyl adjacent to an activating group) is 1. The van der Waals surface area contributed by atoms with Crippen LogP contribution in [0.4, 0.5) is 5.95 Å². The van der Waals surface area contributed by atoms with Crippen LogP contribution in [0.5, 0.6) is 0 Å². The fourth-order valence-corrected chi connectivity index (χ4v) is 3.61. The number of amides is 1. The van der Waals surface area contributed by atoms with Crippen molar-refractivity contribution >= 4 is 36.0 Å². The van der Waals surface area contributed by atoms with Gasteiger partial charge in [0.2, 0.25) is 11.9 Å². The van der Waals surface area contributed by atoms with E-state index in [-0.39, 0.29) is 17.8 Å². The van der Waals surface area contributed by atoms with Crippen molar-refractivity contribution in [3.05, 3.63) is 12.4 Å². The lowest BCUT2D eigenvalue weighted by atomic mass is 9.81. The van der Waals surface area contributed by atoms with Crippen molar-refractivity contribution < 1.29 is 14.1 Å². The van der Waals surface area contributed by atoms with E-state index in [4.69, 9.17) is 20.9 Å². The molecule has 2 fully saturated rings. The maximum Gasteiger partial charge on any atom is 0.498 e. The summed E-state index contributed by atoms with van der Waals surface area (Å²) in [4.78, 5) is 24.7. The second-order valence-corrected chi connectivity index (χ2v) is 8.57. The molecule has 1 aromatic rings. The smallest absolute Gasteiger partial charge is 0.399 e. The fourth-order valence-electron chi connectivity index (χ4n) is 3.46. The van der Waals surface area contributed by atoms with Gasteiger partial charge in [-0.25, -0.2) is 9.97 Å². The van der Waals surface area contributed by atoms with Crippen LogP contribution < -0.4 is 10.4 Å². The van der Waals surface area contributed by atoms with Gasteiger partial charge in [-0.15, -0.1) is 11.6 Å². The van der Waals surface area contributed by atoms with Crippen molar-refractivity contribution in [2.45, 2.75) is 57.8 Å². The van der Waals surface area contributed by atoms with Crippen LogP contribution in [0.15, 0.2) is 12.4 Å². The number of alkyl halides is 1. The van der Waals surface area contributed by atoms with Gasteiger partial charge in [0.15, 0.2) is 0 Å². The molecule has 1 amide bonds. The van der Waals surface area contributed by atoms with E-state index in [0.29, 0.717) is 12.5 Å². The number of rotatable bonds is 5. The Balaban J connectivity index is 1.64. The first kappa shape index (κ1) is 20.4. The number of halogens is 1. The Morgan fingerprint density at radius 1 is 1.30 bits per heavy atom. The first-order chi connectivity index (χ1) is 12.6. The topological polar surface area (TPSA) is 67.8 Å². The van der Waals surface area contributed by atoms with Crippen LogP contribution in [-0.4, -0.2) is 71.2 Å². The minimum absolute atomic E-state index is 0.00964. The molecule has 3 rings (SSSR count). The molecule has 1 aromatic heterocycles. The molecule has 0 radical (unpaired) electrons. The van der Waals surface area contributed by atoms with Crippen LogP contribution in [-0.2, 0) is 14.1 Å². The Morgan fingerprint density at radius 2 is 1.89 bits per heavy atom. The number of likely N-dealkylation sites (tertiary alicyclic amines) is 1. The van der Waals surface area contributed by atoms with E-state index in [1.807, 2.05) is 44.5 Å². The van der Waals surface area contributed by atoms with Gasteiger partial charge in [0.25, 0.3) is 0 Å². The van der Waals surface area contributed by atoms with Gasteiger partial charge >= 0.3 is 7.12 Å². The highest BCUT2D eigenvalue weighted by molar-refractivity contribution is 6.61. The zero-order valence-corrected chi connectivity index (χ0v) is 17.5. The van der Waals surface area contributed by atoms with Gasteiger partial charge in [-0.3, -0.25) is 4.79 Å². The number of carbonyl (C=O) groups excluding carboxylic acids is 1. The number of anilines is 1. The summed E-state index contributed by atoms with van der Waals surface area (Å²) in [6, 6.07) is 0.146. The highest BCUT2D eigenvalue weighted by Crippen LogP contribution is 2.36. The molecule has 0 N–H and O–H groups in total. The van der Waals surface area contributed by atoms with Crippen LogP contribution in [0.3, 0.4) is 0 Å². The molecular formula is C18H28BClN4O3. The lowest BCUT2D eigenvalue weighted by Gasteiger charge is -2.32.